The summed E-state index contributed by atoms with van der Waals surface area (Å²) in [6.45, 7) is 0. The van der Waals surface area contributed by atoms with Gasteiger partial charge in [0.05, 0.1) is 5.82 Å². The Balaban J connectivity index is 3.82. The molecular weight excluding hydrogens is 119 g/mol. The van der Waals surface area contributed by atoms with Crippen LogP contribution < -0.4 is 0 Å². The Morgan fingerprint density at radius 2 is 2.22 bits per heavy atom. The fourth-order valence-electron chi connectivity index (χ4n) is 0.378. The van der Waals surface area contributed by atoms with Crippen LogP contribution in [0.3, 0.4) is 0 Å². The molecule has 1 atom stereocenters. The summed E-state index contributed by atoms with van der Waals surface area (Å²) in [7, 11) is 0.00463. The van der Waals surface area contributed by atoms with Crippen LogP contribution in [0.15, 0.2) is 4.99 Å². The van der Waals surface area contributed by atoms with E-state index in [0.29, 0.717) is 0 Å². The minimum atomic E-state index is -1.51. The van der Waals surface area contributed by atoms with Crippen molar-refractivity contribution < 1.29 is 10.0 Å². The number of hydrogen-bond donors (Lipinski definition) is 3. The first kappa shape index (κ1) is 8.32. The molecule has 3 N–H and O–H groups in total. The number of nitrogens with one attached hydrogen (secondary N) is 1. The molecule has 0 aliphatic carbocycles. The molecular formula is C4H9BN2O2. The monoisotopic (exact) mass is 128 g/mol. The molecule has 0 saturated carbocycles. The first-order valence-electron chi connectivity index (χ1n) is 2.51. The third-order valence-corrected chi connectivity index (χ3v) is 0.858. The summed E-state index contributed by atoms with van der Waals surface area (Å²) in [6, 6.07) is 0. The predicted octanol–water partition coefficient (Wildman–Crippen LogP) is -0.820. The molecule has 0 aliphatic rings. The molecule has 0 aromatic rings. The van der Waals surface area contributed by atoms with Crippen LogP contribution in [-0.4, -0.2) is 36.6 Å². The maximum absolute atomic E-state index is 8.46. The summed E-state index contributed by atoms with van der Waals surface area (Å²) in [4.78, 5) is 3.53. The van der Waals surface area contributed by atoms with Gasteiger partial charge in [0, 0.05) is 19.5 Å². The molecule has 0 rings (SSSR count). The molecule has 4 nitrogen and oxygen atoms in total. The Kier molecular flexibility index (Phi) is 3.91. The van der Waals surface area contributed by atoms with Gasteiger partial charge >= 0.3 is 7.12 Å². The summed E-state index contributed by atoms with van der Waals surface area (Å²) < 4.78 is 0. The lowest BCUT2D eigenvalue weighted by Crippen LogP contribution is -2.22. The Labute approximate surface area is 53.9 Å². The van der Waals surface area contributed by atoms with Crippen molar-refractivity contribution in [2.75, 3.05) is 7.05 Å². The first-order chi connectivity index (χ1) is 4.22. The van der Waals surface area contributed by atoms with E-state index in [9.17, 15) is 0 Å². The molecule has 9 heavy (non-hydrogen) atoms. The molecule has 0 aromatic heterocycles. The average molecular weight is 128 g/mol. The van der Waals surface area contributed by atoms with Gasteiger partial charge in [0.25, 0.3) is 0 Å². The van der Waals surface area contributed by atoms with E-state index >= 15 is 0 Å². The largest absolute Gasteiger partial charge is 0.466 e. The van der Waals surface area contributed by atoms with Gasteiger partial charge in [-0.15, -0.1) is 0 Å². The van der Waals surface area contributed by atoms with Crippen molar-refractivity contribution in [3.05, 3.63) is 0 Å². The van der Waals surface area contributed by atoms with Crippen molar-refractivity contribution in [2.24, 2.45) is 4.99 Å². The van der Waals surface area contributed by atoms with Crippen molar-refractivity contribution in [2.45, 2.75) is 5.82 Å². The highest BCUT2D eigenvalue weighted by Crippen LogP contribution is 1.96. The molecule has 0 aliphatic heterocycles. The predicted molar refractivity (Wildman–Crippen MR) is 37.1 cm³/mol. The summed E-state index contributed by atoms with van der Waals surface area (Å²) in [6.07, 6.45) is 2.23. The van der Waals surface area contributed by atoms with Crippen molar-refractivity contribution in [1.29, 1.82) is 5.41 Å². The zero-order valence-electron chi connectivity index (χ0n) is 5.15. The Hall–Kier alpha value is -0.675. The van der Waals surface area contributed by atoms with Crippen LogP contribution in [-0.2, 0) is 0 Å². The quantitative estimate of drug-likeness (QED) is 0.343. The van der Waals surface area contributed by atoms with Crippen LogP contribution in [0.1, 0.15) is 0 Å². The smallest absolute Gasteiger partial charge is 0.426 e. The second-order valence-electron chi connectivity index (χ2n) is 1.56. The van der Waals surface area contributed by atoms with Crippen LogP contribution in [0.25, 0.3) is 0 Å². The van der Waals surface area contributed by atoms with Gasteiger partial charge in [-0.1, -0.05) is 0 Å². The lowest BCUT2D eigenvalue weighted by atomic mass is 9.74. The van der Waals surface area contributed by atoms with Crippen molar-refractivity contribution in [1.82, 2.24) is 0 Å². The molecule has 0 amide bonds. The first-order valence-corrected chi connectivity index (χ1v) is 2.51. The summed E-state index contributed by atoms with van der Waals surface area (Å²) in [5.74, 6) is -0.671. The standard InChI is InChI=1S/C4H9BN2O2/c1-7-3-4(2-6)5(8)9/h2-4,6,8-9H,1H3. The molecule has 0 spiro atoms. The molecule has 0 aromatic carbocycles. The Morgan fingerprint density at radius 3 is 2.33 bits per heavy atom. The molecule has 0 heterocycles. The van der Waals surface area contributed by atoms with Gasteiger partial charge in [-0.25, -0.2) is 0 Å². The van der Waals surface area contributed by atoms with E-state index < -0.39 is 12.9 Å². The molecule has 1 unspecified atom stereocenters. The van der Waals surface area contributed by atoms with Gasteiger partial charge in [-0.05, 0) is 0 Å². The zero-order chi connectivity index (χ0) is 7.28. The van der Waals surface area contributed by atoms with Gasteiger partial charge in [0.2, 0.25) is 0 Å². The van der Waals surface area contributed by atoms with Crippen molar-refractivity contribution >= 4 is 19.5 Å². The molecule has 0 saturated heterocycles. The summed E-state index contributed by atoms with van der Waals surface area (Å²) in [5.41, 5.74) is 0. The molecule has 0 fully saturated rings. The third-order valence-electron chi connectivity index (χ3n) is 0.858. The minimum Gasteiger partial charge on any atom is -0.426 e. The number of hydrogen-bond acceptors (Lipinski definition) is 4. The second kappa shape index (κ2) is 4.23. The van der Waals surface area contributed by atoms with E-state index in [1.165, 1.54) is 13.3 Å². The normalized spacial score (nSPS) is 13.7. The van der Waals surface area contributed by atoms with E-state index in [1.807, 2.05) is 0 Å². The van der Waals surface area contributed by atoms with Gasteiger partial charge < -0.3 is 20.4 Å². The summed E-state index contributed by atoms with van der Waals surface area (Å²) in [5, 5.41) is 23.6. The molecule has 0 bridgehead atoms. The zero-order valence-corrected chi connectivity index (χ0v) is 5.15. The van der Waals surface area contributed by atoms with E-state index in [-0.39, 0.29) is 0 Å². The van der Waals surface area contributed by atoms with Crippen LogP contribution in [0.2, 0.25) is 5.82 Å². The topological polar surface area (TPSA) is 76.7 Å². The van der Waals surface area contributed by atoms with Crippen LogP contribution in [0, 0.1) is 5.41 Å². The van der Waals surface area contributed by atoms with Crippen LogP contribution >= 0.6 is 0 Å². The number of nitrogens with zero attached hydrogens (tertiary/aromatic N) is 1. The highest BCUT2D eigenvalue weighted by molar-refractivity contribution is 6.52. The summed E-state index contributed by atoms with van der Waals surface area (Å²) >= 11 is 0. The van der Waals surface area contributed by atoms with E-state index in [0.717, 1.165) is 6.21 Å². The van der Waals surface area contributed by atoms with E-state index in [2.05, 4.69) is 4.99 Å². The second-order valence-corrected chi connectivity index (χ2v) is 1.56. The average Bonchev–Trinajstić information content (AvgIpc) is 1.82. The SMILES string of the molecule is CN=CC(C=N)B(O)O. The van der Waals surface area contributed by atoms with Crippen molar-refractivity contribution in [3.63, 3.8) is 0 Å². The van der Waals surface area contributed by atoms with Gasteiger partial charge in [-0.2, -0.15) is 0 Å². The number of rotatable bonds is 3. The lowest BCUT2D eigenvalue weighted by molar-refractivity contribution is 0.408. The highest BCUT2D eigenvalue weighted by atomic mass is 16.4. The van der Waals surface area contributed by atoms with Crippen LogP contribution in [0.5, 0.6) is 0 Å². The van der Waals surface area contributed by atoms with Gasteiger partial charge in [-0.3, -0.25) is 0 Å². The molecule has 50 valence electrons. The number of aliphatic imine (C=N–C) groups is 1. The van der Waals surface area contributed by atoms with Crippen molar-refractivity contribution in [3.8, 4) is 0 Å². The fraction of sp³-hybridized carbons (Fsp3) is 0.500. The maximum atomic E-state index is 8.46. The third kappa shape index (κ3) is 3.00. The van der Waals surface area contributed by atoms with E-state index in [1.54, 1.807) is 0 Å². The maximum Gasteiger partial charge on any atom is 0.466 e. The Morgan fingerprint density at radius 1 is 1.67 bits per heavy atom. The Bertz CT molecular complexity index is 115. The van der Waals surface area contributed by atoms with Crippen LogP contribution in [0.4, 0.5) is 0 Å². The highest BCUT2D eigenvalue weighted by Gasteiger charge is 2.17. The molecule has 5 heteroatoms. The van der Waals surface area contributed by atoms with Gasteiger partial charge in [0.15, 0.2) is 0 Å². The molecule has 0 radical (unpaired) electrons. The van der Waals surface area contributed by atoms with E-state index in [4.69, 9.17) is 15.5 Å². The van der Waals surface area contributed by atoms with Gasteiger partial charge in [0.1, 0.15) is 0 Å². The minimum absolute atomic E-state index is 0.671. The fourth-order valence-corrected chi connectivity index (χ4v) is 0.378. The lowest BCUT2D eigenvalue weighted by Gasteiger charge is -2.00.